The van der Waals surface area contributed by atoms with Gasteiger partial charge in [0.2, 0.25) is 5.88 Å². The Labute approximate surface area is 135 Å². The summed E-state index contributed by atoms with van der Waals surface area (Å²) in [6.45, 7) is -0.778. The van der Waals surface area contributed by atoms with Gasteiger partial charge in [0.1, 0.15) is 0 Å². The molecule has 7 nitrogen and oxygen atoms in total. The lowest BCUT2D eigenvalue weighted by Crippen LogP contribution is -2.23. The fraction of sp³-hybridized carbons (Fsp3) is 0.200. The molecule has 0 aliphatic heterocycles. The Morgan fingerprint density at radius 3 is 2.96 bits per heavy atom. The summed E-state index contributed by atoms with van der Waals surface area (Å²) in [7, 11) is 0. The van der Waals surface area contributed by atoms with E-state index < -0.39 is 6.61 Å². The Morgan fingerprint density at radius 1 is 1.38 bits per heavy atom. The second-order valence-electron chi connectivity index (χ2n) is 4.73. The third-order valence-corrected chi connectivity index (χ3v) is 3.18. The van der Waals surface area contributed by atoms with Crippen LogP contribution in [0.1, 0.15) is 17.4 Å². The molecule has 1 amide bonds. The van der Waals surface area contributed by atoms with Gasteiger partial charge in [-0.15, -0.1) is 0 Å². The summed E-state index contributed by atoms with van der Waals surface area (Å²) in [5.74, 6) is -0.634. The minimum atomic E-state index is -2.99. The first kappa shape index (κ1) is 15.8. The van der Waals surface area contributed by atoms with Gasteiger partial charge in [-0.1, -0.05) is 0 Å². The lowest BCUT2D eigenvalue weighted by Gasteiger charge is -2.06. The van der Waals surface area contributed by atoms with Crippen molar-refractivity contribution < 1.29 is 18.3 Å². The highest BCUT2D eigenvalue weighted by molar-refractivity contribution is 6.02. The minimum Gasteiger partial charge on any atom is -0.417 e. The Bertz CT molecular complexity index is 881. The first-order valence-electron chi connectivity index (χ1n) is 7.13. The second-order valence-corrected chi connectivity index (χ2v) is 4.73. The van der Waals surface area contributed by atoms with Crippen LogP contribution in [-0.2, 0) is 0 Å². The number of pyridine rings is 1. The van der Waals surface area contributed by atoms with E-state index in [0.717, 1.165) is 0 Å². The highest BCUT2D eigenvalue weighted by Gasteiger charge is 2.22. The first-order chi connectivity index (χ1) is 11.6. The monoisotopic (exact) mass is 333 g/mol. The predicted octanol–water partition coefficient (Wildman–Crippen LogP) is 2.14. The van der Waals surface area contributed by atoms with Crippen LogP contribution in [0.4, 0.5) is 8.78 Å². The zero-order chi connectivity index (χ0) is 17.1. The van der Waals surface area contributed by atoms with Gasteiger partial charge < -0.3 is 10.1 Å². The van der Waals surface area contributed by atoms with Gasteiger partial charge in [0.05, 0.1) is 5.56 Å². The van der Waals surface area contributed by atoms with E-state index in [9.17, 15) is 13.6 Å². The van der Waals surface area contributed by atoms with E-state index in [1.165, 1.54) is 16.8 Å². The Kier molecular flexibility index (Phi) is 4.32. The van der Waals surface area contributed by atoms with Crippen molar-refractivity contribution >= 4 is 11.6 Å². The molecule has 3 heterocycles. The van der Waals surface area contributed by atoms with Crippen molar-refractivity contribution in [1.29, 1.82) is 0 Å². The lowest BCUT2D eigenvalue weighted by atomic mass is 10.1. The fourth-order valence-corrected chi connectivity index (χ4v) is 2.28. The van der Waals surface area contributed by atoms with Gasteiger partial charge in [0, 0.05) is 31.2 Å². The molecule has 0 spiro atoms. The maximum Gasteiger partial charge on any atom is 0.388 e. The number of fused-ring (bicyclic) bond motifs is 1. The van der Waals surface area contributed by atoms with Crippen molar-refractivity contribution in [2.75, 3.05) is 6.54 Å². The molecular weight excluding hydrogens is 320 g/mol. The van der Waals surface area contributed by atoms with Gasteiger partial charge in [-0.2, -0.15) is 13.9 Å². The van der Waals surface area contributed by atoms with Gasteiger partial charge in [0.25, 0.3) is 5.91 Å². The summed E-state index contributed by atoms with van der Waals surface area (Å²) in [5.41, 5.74) is 1.44. The van der Waals surface area contributed by atoms with Crippen LogP contribution >= 0.6 is 0 Å². The number of carbonyl (C=O) groups excluding carboxylic acids is 1. The number of hydrogen-bond acceptors (Lipinski definition) is 5. The standard InChI is InChI=1S/C15H13F2N5O2/c1-2-18-14(23)12-11(13-20-5-3-7-22(13)21-12)9-4-6-19-10(8-9)24-15(16)17/h3-8,15H,2H2,1H3,(H,18,23). The van der Waals surface area contributed by atoms with E-state index in [4.69, 9.17) is 0 Å². The third-order valence-electron chi connectivity index (χ3n) is 3.18. The molecule has 0 aliphatic carbocycles. The molecule has 0 unspecified atom stereocenters. The summed E-state index contributed by atoms with van der Waals surface area (Å²) in [5, 5.41) is 6.90. The Balaban J connectivity index is 2.17. The molecule has 0 fully saturated rings. The van der Waals surface area contributed by atoms with Gasteiger partial charge in [0.15, 0.2) is 11.3 Å². The molecule has 3 aromatic heterocycles. The number of carbonyl (C=O) groups is 1. The van der Waals surface area contributed by atoms with E-state index in [2.05, 4.69) is 25.1 Å². The van der Waals surface area contributed by atoms with Crippen molar-refractivity contribution in [3.05, 3.63) is 42.5 Å². The summed E-state index contributed by atoms with van der Waals surface area (Å²) in [6.07, 6.45) is 4.52. The maximum absolute atomic E-state index is 12.4. The van der Waals surface area contributed by atoms with Crippen molar-refractivity contribution in [1.82, 2.24) is 24.9 Å². The van der Waals surface area contributed by atoms with E-state index in [1.54, 1.807) is 31.5 Å². The number of alkyl halides is 2. The smallest absolute Gasteiger partial charge is 0.388 e. The van der Waals surface area contributed by atoms with Crippen molar-refractivity contribution in [3.63, 3.8) is 0 Å². The zero-order valence-electron chi connectivity index (χ0n) is 12.6. The predicted molar refractivity (Wildman–Crippen MR) is 80.9 cm³/mol. The Hall–Kier alpha value is -3.10. The van der Waals surface area contributed by atoms with Crippen LogP contribution in [0.5, 0.6) is 5.88 Å². The summed E-state index contributed by atoms with van der Waals surface area (Å²) in [6, 6.07) is 4.57. The SMILES string of the molecule is CCNC(=O)c1nn2cccnc2c1-c1ccnc(OC(F)F)c1. The number of hydrogen-bond donors (Lipinski definition) is 1. The summed E-state index contributed by atoms with van der Waals surface area (Å²) in [4.78, 5) is 20.2. The molecule has 24 heavy (non-hydrogen) atoms. The Morgan fingerprint density at radius 2 is 2.21 bits per heavy atom. The quantitative estimate of drug-likeness (QED) is 0.774. The molecule has 1 N–H and O–H groups in total. The van der Waals surface area contributed by atoms with Crippen LogP contribution in [0.15, 0.2) is 36.8 Å². The molecule has 0 aromatic carbocycles. The highest BCUT2D eigenvalue weighted by Crippen LogP contribution is 2.29. The second kappa shape index (κ2) is 6.57. The molecular formula is C15H13F2N5O2. The van der Waals surface area contributed by atoms with Crippen LogP contribution in [0.3, 0.4) is 0 Å². The number of ether oxygens (including phenoxy) is 1. The molecule has 0 saturated heterocycles. The van der Waals surface area contributed by atoms with Gasteiger partial charge in [-0.3, -0.25) is 4.79 Å². The number of aromatic nitrogens is 4. The molecule has 0 bridgehead atoms. The average molecular weight is 333 g/mol. The molecule has 9 heteroatoms. The van der Waals surface area contributed by atoms with Crippen molar-refractivity contribution in [2.45, 2.75) is 13.5 Å². The van der Waals surface area contributed by atoms with E-state index in [0.29, 0.717) is 23.3 Å². The van der Waals surface area contributed by atoms with Crippen LogP contribution in [0, 0.1) is 0 Å². The molecule has 0 aliphatic rings. The normalized spacial score (nSPS) is 11.0. The summed E-state index contributed by atoms with van der Waals surface area (Å²) >= 11 is 0. The van der Waals surface area contributed by atoms with Crippen LogP contribution in [-0.4, -0.2) is 38.6 Å². The molecule has 3 rings (SSSR count). The maximum atomic E-state index is 12.4. The van der Waals surface area contributed by atoms with Gasteiger partial charge >= 0.3 is 6.61 Å². The van der Waals surface area contributed by atoms with E-state index in [-0.39, 0.29) is 17.5 Å². The number of amides is 1. The van der Waals surface area contributed by atoms with Crippen molar-refractivity contribution in [3.8, 4) is 17.0 Å². The minimum absolute atomic E-state index is 0.143. The number of nitrogens with zero attached hydrogens (tertiary/aromatic N) is 4. The van der Waals surface area contributed by atoms with Crippen LogP contribution < -0.4 is 10.1 Å². The zero-order valence-corrected chi connectivity index (χ0v) is 12.6. The summed E-state index contributed by atoms with van der Waals surface area (Å²) < 4.78 is 30.6. The highest BCUT2D eigenvalue weighted by atomic mass is 19.3. The fourth-order valence-electron chi connectivity index (χ4n) is 2.28. The lowest BCUT2D eigenvalue weighted by molar-refractivity contribution is -0.0528. The average Bonchev–Trinajstić information content (AvgIpc) is 2.94. The first-order valence-corrected chi connectivity index (χ1v) is 7.13. The largest absolute Gasteiger partial charge is 0.417 e. The number of nitrogens with one attached hydrogen (secondary N) is 1. The topological polar surface area (TPSA) is 81.4 Å². The third kappa shape index (κ3) is 3.00. The van der Waals surface area contributed by atoms with Crippen LogP contribution in [0.25, 0.3) is 16.8 Å². The molecule has 3 aromatic rings. The van der Waals surface area contributed by atoms with Gasteiger partial charge in [-0.05, 0) is 24.6 Å². The molecule has 0 atom stereocenters. The molecule has 0 radical (unpaired) electrons. The van der Waals surface area contributed by atoms with Crippen LogP contribution in [0.2, 0.25) is 0 Å². The number of halogens is 2. The molecule has 0 saturated carbocycles. The van der Waals surface area contributed by atoms with E-state index in [1.807, 2.05) is 0 Å². The van der Waals surface area contributed by atoms with E-state index >= 15 is 0 Å². The molecule has 124 valence electrons. The number of rotatable bonds is 5. The van der Waals surface area contributed by atoms with Crippen molar-refractivity contribution in [2.24, 2.45) is 0 Å². The van der Waals surface area contributed by atoms with Gasteiger partial charge in [-0.25, -0.2) is 14.5 Å².